The number of hydrogen-bond acceptors (Lipinski definition) is 3. The van der Waals surface area contributed by atoms with Crippen LogP contribution in [0.4, 0.5) is 0 Å². The van der Waals surface area contributed by atoms with Gasteiger partial charge in [0.2, 0.25) is 5.91 Å². The Morgan fingerprint density at radius 1 is 1.88 bits per heavy atom. The fraction of sp³-hybridized carbons (Fsp3) is 0.500. The van der Waals surface area contributed by atoms with E-state index in [1.807, 2.05) is 0 Å². The molecule has 0 radical (unpaired) electrons. The summed E-state index contributed by atoms with van der Waals surface area (Å²) >= 11 is -2.39. The van der Waals surface area contributed by atoms with E-state index in [-0.39, 0.29) is 6.54 Å². The van der Waals surface area contributed by atoms with Crippen molar-refractivity contribution in [3.8, 4) is 0 Å². The molecule has 1 unspecified atom stereocenters. The smallest absolute Gasteiger partial charge is 0.232 e. The van der Waals surface area contributed by atoms with Gasteiger partial charge in [0.05, 0.1) is 6.54 Å². The minimum Gasteiger partial charge on any atom is -0.760 e. The zero-order chi connectivity index (χ0) is 6.57. The van der Waals surface area contributed by atoms with E-state index in [1.54, 1.807) is 4.72 Å². The molecule has 6 heteroatoms. The van der Waals surface area contributed by atoms with Gasteiger partial charge in [-0.05, 0) is 0 Å². The molecule has 0 aliphatic carbocycles. The van der Waals surface area contributed by atoms with Crippen LogP contribution in [0.3, 0.4) is 0 Å². The highest BCUT2D eigenvalue weighted by Crippen LogP contribution is 1.59. The Kier molecular flexibility index (Phi) is 3.33. The number of hydrogen-bond donors (Lipinski definition) is 2. The van der Waals surface area contributed by atoms with E-state index in [0.29, 0.717) is 0 Å². The molecule has 0 aromatic heterocycles. The molecule has 0 aromatic carbocycles. The molecule has 8 heavy (non-hydrogen) atoms. The van der Waals surface area contributed by atoms with Crippen LogP contribution in [0.1, 0.15) is 0 Å². The molecule has 1 atom stereocenters. The lowest BCUT2D eigenvalue weighted by atomic mass is 10.7. The molecule has 0 fully saturated rings. The summed E-state index contributed by atoms with van der Waals surface area (Å²) < 4.78 is 21.0. The topological polar surface area (TPSA) is 95.2 Å². The van der Waals surface area contributed by atoms with Crippen LogP contribution in [0.25, 0.3) is 0 Å². The lowest BCUT2D eigenvalue weighted by Gasteiger charge is -2.02. The monoisotopic (exact) mass is 137 g/mol. The number of rotatable bonds is 3. The van der Waals surface area contributed by atoms with Gasteiger partial charge in [0, 0.05) is 11.3 Å². The fourth-order valence-corrected chi connectivity index (χ4v) is 0.390. The second-order valence-corrected chi connectivity index (χ2v) is 1.78. The second kappa shape index (κ2) is 3.53. The number of nitrogens with two attached hydrogens (primary N) is 1. The number of primary amides is 1. The van der Waals surface area contributed by atoms with Gasteiger partial charge in [-0.1, -0.05) is 0 Å². The first-order valence-electron chi connectivity index (χ1n) is 1.74. The first-order chi connectivity index (χ1) is 3.63. The molecule has 48 valence electrons. The Balaban J connectivity index is 3.18. The summed E-state index contributed by atoms with van der Waals surface area (Å²) in [7, 11) is 0. The highest BCUT2D eigenvalue weighted by atomic mass is 32.2. The standard InChI is InChI=1S/C2H6N2O3S/c3-2(5)1-4-8(6)7/h4H,1H2,(H2,3,5)(H,6,7)/p-1. The Bertz CT molecular complexity index is 99.9. The van der Waals surface area contributed by atoms with Gasteiger partial charge in [-0.2, -0.15) is 0 Å². The van der Waals surface area contributed by atoms with Crippen molar-refractivity contribution in [3.05, 3.63) is 0 Å². The molecule has 0 aromatic rings. The summed E-state index contributed by atoms with van der Waals surface area (Å²) in [4.78, 5) is 9.79. The Labute approximate surface area is 48.7 Å². The van der Waals surface area contributed by atoms with Crippen LogP contribution < -0.4 is 10.5 Å². The van der Waals surface area contributed by atoms with Crippen LogP contribution in [0.2, 0.25) is 0 Å². The minimum atomic E-state index is -2.39. The number of amides is 1. The lowest BCUT2D eigenvalue weighted by molar-refractivity contribution is -0.116. The van der Waals surface area contributed by atoms with Crippen molar-refractivity contribution in [3.63, 3.8) is 0 Å². The van der Waals surface area contributed by atoms with E-state index in [9.17, 15) is 13.6 Å². The molecule has 0 saturated carbocycles. The van der Waals surface area contributed by atoms with E-state index >= 15 is 0 Å². The molecule has 0 aliphatic rings. The van der Waals surface area contributed by atoms with Crippen LogP contribution in [0.5, 0.6) is 0 Å². The third-order valence-electron chi connectivity index (χ3n) is 0.364. The molecule has 0 spiro atoms. The van der Waals surface area contributed by atoms with Gasteiger partial charge in [0.25, 0.3) is 0 Å². The van der Waals surface area contributed by atoms with Crippen molar-refractivity contribution >= 4 is 17.2 Å². The zero-order valence-electron chi connectivity index (χ0n) is 3.92. The van der Waals surface area contributed by atoms with Crippen molar-refractivity contribution in [2.45, 2.75) is 0 Å². The molecule has 0 heterocycles. The third kappa shape index (κ3) is 5.54. The summed E-state index contributed by atoms with van der Waals surface area (Å²) in [5.41, 5.74) is 4.57. The van der Waals surface area contributed by atoms with Gasteiger partial charge >= 0.3 is 0 Å². The number of carbonyl (C=O) groups is 1. The molecule has 3 N–H and O–H groups in total. The highest BCUT2D eigenvalue weighted by molar-refractivity contribution is 7.77. The van der Waals surface area contributed by atoms with E-state index in [1.165, 1.54) is 0 Å². The maximum atomic E-state index is 9.79. The maximum absolute atomic E-state index is 9.79. The van der Waals surface area contributed by atoms with Gasteiger partial charge in [-0.15, -0.1) is 0 Å². The summed E-state index contributed by atoms with van der Waals surface area (Å²) in [5.74, 6) is -0.700. The van der Waals surface area contributed by atoms with Crippen LogP contribution in [0.15, 0.2) is 0 Å². The Morgan fingerprint density at radius 2 is 2.38 bits per heavy atom. The SMILES string of the molecule is NC(=O)CNS(=O)[O-]. The summed E-state index contributed by atoms with van der Waals surface area (Å²) in [5, 5.41) is 0. The van der Waals surface area contributed by atoms with Crippen molar-refractivity contribution in [2.24, 2.45) is 5.73 Å². The Hall–Kier alpha value is -0.460. The molecular weight excluding hydrogens is 132 g/mol. The number of carbonyl (C=O) groups excluding carboxylic acids is 1. The summed E-state index contributed by atoms with van der Waals surface area (Å²) in [6, 6.07) is 0. The molecular formula is C2H5N2O3S-. The van der Waals surface area contributed by atoms with Gasteiger partial charge < -0.3 is 10.3 Å². The average molecular weight is 137 g/mol. The molecule has 0 saturated heterocycles. The first-order valence-corrected chi connectivity index (χ1v) is 2.81. The quantitative estimate of drug-likeness (QED) is 0.434. The van der Waals surface area contributed by atoms with Crippen molar-refractivity contribution < 1.29 is 13.6 Å². The Morgan fingerprint density at radius 3 is 2.50 bits per heavy atom. The normalized spacial score (nSPS) is 13.1. The minimum absolute atomic E-state index is 0.337. The molecule has 0 rings (SSSR count). The summed E-state index contributed by atoms with van der Waals surface area (Å²) in [6.07, 6.45) is 0. The average Bonchev–Trinajstić information content (AvgIpc) is 1.61. The van der Waals surface area contributed by atoms with E-state index < -0.39 is 17.2 Å². The van der Waals surface area contributed by atoms with E-state index in [2.05, 4.69) is 5.73 Å². The van der Waals surface area contributed by atoms with Gasteiger partial charge in [0.15, 0.2) is 0 Å². The van der Waals surface area contributed by atoms with Crippen LogP contribution in [-0.4, -0.2) is 21.2 Å². The fourth-order valence-electron chi connectivity index (χ4n) is 0.130. The van der Waals surface area contributed by atoms with Gasteiger partial charge in [-0.25, -0.2) is 4.72 Å². The summed E-state index contributed by atoms with van der Waals surface area (Å²) in [6.45, 7) is -0.337. The largest absolute Gasteiger partial charge is 0.760 e. The van der Waals surface area contributed by atoms with Crippen LogP contribution in [0, 0.1) is 0 Å². The maximum Gasteiger partial charge on any atom is 0.232 e. The molecule has 0 bridgehead atoms. The van der Waals surface area contributed by atoms with Gasteiger partial charge in [0.1, 0.15) is 0 Å². The van der Waals surface area contributed by atoms with Crippen molar-refractivity contribution in [1.82, 2.24) is 4.72 Å². The number of nitrogens with one attached hydrogen (secondary N) is 1. The molecule has 0 aliphatic heterocycles. The van der Waals surface area contributed by atoms with Crippen LogP contribution in [-0.2, 0) is 16.1 Å². The van der Waals surface area contributed by atoms with E-state index in [0.717, 1.165) is 0 Å². The first kappa shape index (κ1) is 7.54. The zero-order valence-corrected chi connectivity index (χ0v) is 4.73. The second-order valence-electron chi connectivity index (χ2n) is 1.02. The van der Waals surface area contributed by atoms with E-state index in [4.69, 9.17) is 0 Å². The van der Waals surface area contributed by atoms with Crippen LogP contribution >= 0.6 is 0 Å². The molecule has 1 amide bonds. The molecule has 5 nitrogen and oxygen atoms in total. The third-order valence-corrected chi connectivity index (χ3v) is 0.744. The predicted molar refractivity (Wildman–Crippen MR) is 26.1 cm³/mol. The van der Waals surface area contributed by atoms with Crippen molar-refractivity contribution in [1.29, 1.82) is 0 Å². The predicted octanol–water partition coefficient (Wildman–Crippen LogP) is -2.14. The van der Waals surface area contributed by atoms with Gasteiger partial charge in [-0.3, -0.25) is 9.00 Å². The lowest BCUT2D eigenvalue weighted by Crippen LogP contribution is -2.29. The van der Waals surface area contributed by atoms with Crippen molar-refractivity contribution in [2.75, 3.05) is 6.54 Å². The highest BCUT2D eigenvalue weighted by Gasteiger charge is 1.88.